The Morgan fingerprint density at radius 3 is 2.56 bits per heavy atom. The zero-order valence-electron chi connectivity index (χ0n) is 14.1. The quantitative estimate of drug-likeness (QED) is 0.396. The van der Waals surface area contributed by atoms with E-state index in [0.29, 0.717) is 15.6 Å². The Morgan fingerprint density at radius 2 is 1.74 bits per heavy atom. The van der Waals surface area contributed by atoms with Gasteiger partial charge in [-0.2, -0.15) is 5.10 Å². The molecule has 0 fully saturated rings. The number of hydrazone groups is 1. The summed E-state index contributed by atoms with van der Waals surface area (Å²) in [7, 11) is 0. The molecule has 0 aliphatic carbocycles. The van der Waals surface area contributed by atoms with Gasteiger partial charge in [0.2, 0.25) is 0 Å². The average Bonchev–Trinajstić information content (AvgIpc) is 2.67. The lowest BCUT2D eigenvalue weighted by molar-refractivity contribution is -0.139. The molecular formula is C20H15Cl2N3O2. The molecule has 0 saturated carbocycles. The van der Waals surface area contributed by atoms with Crippen LogP contribution in [0.5, 0.6) is 0 Å². The summed E-state index contributed by atoms with van der Waals surface area (Å²) in [5.74, 6) is -1.67. The van der Waals surface area contributed by atoms with Gasteiger partial charge in [0.15, 0.2) is 0 Å². The van der Waals surface area contributed by atoms with Crippen molar-refractivity contribution in [2.75, 3.05) is 0 Å². The monoisotopic (exact) mass is 399 g/mol. The predicted octanol–water partition coefficient (Wildman–Crippen LogP) is 3.91. The molecule has 0 aromatic heterocycles. The van der Waals surface area contributed by atoms with Gasteiger partial charge in [0.25, 0.3) is 0 Å². The molecule has 0 radical (unpaired) electrons. The van der Waals surface area contributed by atoms with Crippen molar-refractivity contribution in [3.63, 3.8) is 0 Å². The van der Waals surface area contributed by atoms with Crippen molar-refractivity contribution in [3.8, 4) is 0 Å². The molecule has 5 nitrogen and oxygen atoms in total. The number of hydrogen-bond acceptors (Lipinski definition) is 3. The highest BCUT2D eigenvalue weighted by Crippen LogP contribution is 2.20. The van der Waals surface area contributed by atoms with E-state index in [1.165, 1.54) is 6.21 Å². The first-order valence-electron chi connectivity index (χ1n) is 8.07. The minimum atomic E-state index is -0.864. The molecule has 7 heteroatoms. The lowest BCUT2D eigenvalue weighted by atomic mass is 10.1. The lowest BCUT2D eigenvalue weighted by Crippen LogP contribution is -2.37. The minimum absolute atomic E-state index is 0.106. The van der Waals surface area contributed by atoms with Gasteiger partial charge < -0.3 is 5.32 Å². The Hall–Kier alpha value is -2.89. The molecule has 0 heterocycles. The molecule has 0 bridgehead atoms. The number of halogens is 2. The van der Waals surface area contributed by atoms with Crippen LogP contribution in [0.25, 0.3) is 10.8 Å². The molecule has 0 atom stereocenters. The molecule has 27 heavy (non-hydrogen) atoms. The highest BCUT2D eigenvalue weighted by molar-refractivity contribution is 6.36. The van der Waals surface area contributed by atoms with Crippen LogP contribution in [0.4, 0.5) is 0 Å². The van der Waals surface area contributed by atoms with Crippen molar-refractivity contribution in [1.82, 2.24) is 10.7 Å². The average molecular weight is 400 g/mol. The van der Waals surface area contributed by atoms with Crippen molar-refractivity contribution in [3.05, 3.63) is 81.8 Å². The Bertz CT molecular complexity index is 1030. The Labute approximate surface area is 166 Å². The maximum atomic E-state index is 11.9. The zero-order valence-corrected chi connectivity index (χ0v) is 15.6. The predicted molar refractivity (Wildman–Crippen MR) is 108 cm³/mol. The van der Waals surface area contributed by atoms with Crippen LogP contribution in [-0.4, -0.2) is 18.0 Å². The molecule has 3 rings (SSSR count). The number of fused-ring (bicyclic) bond motifs is 1. The second-order valence-corrected chi connectivity index (χ2v) is 6.53. The molecule has 0 unspecified atom stereocenters. The van der Waals surface area contributed by atoms with Gasteiger partial charge in [0.05, 0.1) is 6.21 Å². The summed E-state index contributed by atoms with van der Waals surface area (Å²) in [4.78, 5) is 23.7. The number of carbonyl (C=O) groups excluding carboxylic acids is 2. The number of hydrogen-bond donors (Lipinski definition) is 2. The molecule has 2 amide bonds. The van der Waals surface area contributed by atoms with Gasteiger partial charge in [0.1, 0.15) is 0 Å². The van der Waals surface area contributed by atoms with E-state index < -0.39 is 11.8 Å². The van der Waals surface area contributed by atoms with Gasteiger partial charge in [-0.25, -0.2) is 5.43 Å². The van der Waals surface area contributed by atoms with Crippen LogP contribution < -0.4 is 10.7 Å². The Morgan fingerprint density at radius 1 is 0.963 bits per heavy atom. The van der Waals surface area contributed by atoms with E-state index in [9.17, 15) is 9.59 Å². The van der Waals surface area contributed by atoms with Crippen LogP contribution >= 0.6 is 23.2 Å². The third-order valence-corrected chi connectivity index (χ3v) is 4.44. The van der Waals surface area contributed by atoms with Gasteiger partial charge in [-0.3, -0.25) is 9.59 Å². The summed E-state index contributed by atoms with van der Waals surface area (Å²) in [5, 5.41) is 9.32. The van der Waals surface area contributed by atoms with Crippen LogP contribution in [0.15, 0.2) is 65.8 Å². The minimum Gasteiger partial charge on any atom is -0.344 e. The fraction of sp³-hybridized carbons (Fsp3) is 0.0500. The topological polar surface area (TPSA) is 70.6 Å². The summed E-state index contributed by atoms with van der Waals surface area (Å²) in [6.45, 7) is 0.106. The second-order valence-electron chi connectivity index (χ2n) is 5.69. The largest absolute Gasteiger partial charge is 0.344 e. The summed E-state index contributed by atoms with van der Waals surface area (Å²) < 4.78 is 0. The van der Waals surface area contributed by atoms with Crippen LogP contribution in [0.1, 0.15) is 11.1 Å². The van der Waals surface area contributed by atoms with Crippen molar-refractivity contribution >= 4 is 52.0 Å². The number of benzene rings is 3. The first kappa shape index (κ1) is 18.9. The van der Waals surface area contributed by atoms with E-state index in [1.54, 1.807) is 18.2 Å². The Kier molecular flexibility index (Phi) is 6.06. The van der Waals surface area contributed by atoms with Gasteiger partial charge in [-0.05, 0) is 28.5 Å². The fourth-order valence-electron chi connectivity index (χ4n) is 2.50. The maximum Gasteiger partial charge on any atom is 0.329 e. The zero-order chi connectivity index (χ0) is 19.2. The van der Waals surface area contributed by atoms with Crippen LogP contribution in [0.3, 0.4) is 0 Å². The standard InChI is InChI=1S/C20H15Cl2N3O2/c21-16-9-8-15(18(22)10-16)11-23-19(26)20(27)25-24-12-14-6-3-5-13-4-1-2-7-17(13)14/h1-10,12H,11H2,(H,23,26)(H,25,27). The highest BCUT2D eigenvalue weighted by atomic mass is 35.5. The van der Waals surface area contributed by atoms with Crippen molar-refractivity contribution in [1.29, 1.82) is 0 Å². The van der Waals surface area contributed by atoms with Gasteiger partial charge in [-0.15, -0.1) is 0 Å². The van der Waals surface area contributed by atoms with E-state index in [0.717, 1.165) is 16.3 Å². The molecule has 2 N–H and O–H groups in total. The normalized spacial score (nSPS) is 10.9. The summed E-state index contributed by atoms with van der Waals surface area (Å²) in [6.07, 6.45) is 1.50. The summed E-state index contributed by atoms with van der Waals surface area (Å²) >= 11 is 11.9. The molecule has 136 valence electrons. The number of rotatable bonds is 4. The third-order valence-electron chi connectivity index (χ3n) is 3.85. The molecular weight excluding hydrogens is 385 g/mol. The van der Waals surface area contributed by atoms with Crippen LogP contribution in [0, 0.1) is 0 Å². The Balaban J connectivity index is 1.58. The van der Waals surface area contributed by atoms with Gasteiger partial charge >= 0.3 is 11.8 Å². The lowest BCUT2D eigenvalue weighted by Gasteiger charge is -2.06. The number of nitrogens with one attached hydrogen (secondary N) is 2. The first-order chi connectivity index (χ1) is 13.0. The molecule has 0 aliphatic rings. The molecule has 0 spiro atoms. The van der Waals surface area contributed by atoms with Gasteiger partial charge in [-0.1, -0.05) is 71.7 Å². The van der Waals surface area contributed by atoms with E-state index in [1.807, 2.05) is 42.5 Å². The number of carbonyl (C=O) groups is 2. The fourth-order valence-corrected chi connectivity index (χ4v) is 2.97. The SMILES string of the molecule is O=C(NCc1ccc(Cl)cc1Cl)C(=O)NN=Cc1cccc2ccccc12. The van der Waals surface area contributed by atoms with Crippen LogP contribution in [0.2, 0.25) is 10.0 Å². The van der Waals surface area contributed by atoms with E-state index in [-0.39, 0.29) is 6.54 Å². The van der Waals surface area contributed by atoms with E-state index >= 15 is 0 Å². The number of amides is 2. The summed E-state index contributed by atoms with van der Waals surface area (Å²) in [5.41, 5.74) is 3.71. The smallest absolute Gasteiger partial charge is 0.329 e. The van der Waals surface area contributed by atoms with Gasteiger partial charge in [0, 0.05) is 22.2 Å². The first-order valence-corrected chi connectivity index (χ1v) is 8.83. The van der Waals surface area contributed by atoms with E-state index in [2.05, 4.69) is 15.8 Å². The van der Waals surface area contributed by atoms with Crippen molar-refractivity contribution in [2.24, 2.45) is 5.10 Å². The molecule has 3 aromatic carbocycles. The molecule has 0 saturated heterocycles. The van der Waals surface area contributed by atoms with Crippen molar-refractivity contribution < 1.29 is 9.59 Å². The van der Waals surface area contributed by atoms with Crippen LogP contribution in [-0.2, 0) is 16.1 Å². The third kappa shape index (κ3) is 4.84. The van der Waals surface area contributed by atoms with Crippen molar-refractivity contribution in [2.45, 2.75) is 6.54 Å². The second kappa shape index (κ2) is 8.66. The maximum absolute atomic E-state index is 11.9. The molecule has 0 aliphatic heterocycles. The highest BCUT2D eigenvalue weighted by Gasteiger charge is 2.13. The van der Waals surface area contributed by atoms with E-state index in [4.69, 9.17) is 23.2 Å². The molecule has 3 aromatic rings. The summed E-state index contributed by atoms with van der Waals surface area (Å²) in [6, 6.07) is 18.5. The number of nitrogens with zero attached hydrogens (tertiary/aromatic N) is 1.